The number of nitrogens with zero attached hydrogens (tertiary/aromatic N) is 4. The fourth-order valence-electron chi connectivity index (χ4n) is 3.77. The predicted octanol–water partition coefficient (Wildman–Crippen LogP) is 0.636. The zero-order valence-electron chi connectivity index (χ0n) is 18.2. The number of hydrogen-bond acceptors (Lipinski definition) is 8. The maximum absolute atomic E-state index is 12.9. The second-order valence-electron chi connectivity index (χ2n) is 7.89. The molecule has 33 heavy (non-hydrogen) atoms. The van der Waals surface area contributed by atoms with Crippen LogP contribution in [0.5, 0.6) is 0 Å². The van der Waals surface area contributed by atoms with Crippen LogP contribution in [-0.4, -0.2) is 75.1 Å². The first-order valence-electron chi connectivity index (χ1n) is 10.5. The van der Waals surface area contributed by atoms with Crippen LogP contribution in [0.15, 0.2) is 47.5 Å². The van der Waals surface area contributed by atoms with Crippen LogP contribution < -0.4 is 20.9 Å². The van der Waals surface area contributed by atoms with Crippen molar-refractivity contribution in [2.75, 3.05) is 54.8 Å². The first kappa shape index (κ1) is 22.8. The number of benzene rings is 1. The van der Waals surface area contributed by atoms with E-state index in [1.807, 2.05) is 4.90 Å². The van der Waals surface area contributed by atoms with E-state index in [0.717, 1.165) is 0 Å². The van der Waals surface area contributed by atoms with Gasteiger partial charge in [-0.05, 0) is 36.4 Å². The third-order valence-electron chi connectivity index (χ3n) is 5.58. The SMILES string of the molecule is CC(=O)NC[C@H]1CN(c2ccc(N3CCN(S(=O)(=O)c4ccc(N)cc4)CC3)nc2)C(=O)O1. The van der Waals surface area contributed by atoms with E-state index >= 15 is 0 Å². The molecule has 1 atom stereocenters. The number of nitrogen functional groups attached to an aromatic ring is 1. The summed E-state index contributed by atoms with van der Waals surface area (Å²) < 4.78 is 32.4. The molecule has 2 aliphatic heterocycles. The molecule has 0 bridgehead atoms. The van der Waals surface area contributed by atoms with E-state index in [9.17, 15) is 18.0 Å². The number of carbonyl (C=O) groups is 2. The van der Waals surface area contributed by atoms with Crippen molar-refractivity contribution >= 4 is 39.2 Å². The van der Waals surface area contributed by atoms with Crippen LogP contribution in [0, 0.1) is 0 Å². The number of anilines is 3. The molecule has 0 aliphatic carbocycles. The normalized spacial score (nSPS) is 19.4. The standard InChI is InChI=1S/C21H26N6O5S/c1-15(28)23-13-18-14-27(21(29)32-18)17-4-7-20(24-12-17)25-8-10-26(11-9-25)33(30,31)19-5-2-16(22)3-6-19/h2-7,12,18H,8-11,13-14,22H2,1H3,(H,23,28)/t18-/m0/s1. The number of nitrogens with one attached hydrogen (secondary N) is 1. The summed E-state index contributed by atoms with van der Waals surface area (Å²) in [6, 6.07) is 9.76. The van der Waals surface area contributed by atoms with Crippen molar-refractivity contribution in [3.8, 4) is 0 Å². The summed E-state index contributed by atoms with van der Waals surface area (Å²) in [5, 5.41) is 2.64. The molecular weight excluding hydrogens is 448 g/mol. The van der Waals surface area contributed by atoms with E-state index in [2.05, 4.69) is 10.3 Å². The Bertz CT molecular complexity index is 1110. The Morgan fingerprint density at radius 2 is 1.85 bits per heavy atom. The van der Waals surface area contributed by atoms with Crippen molar-refractivity contribution in [3.63, 3.8) is 0 Å². The van der Waals surface area contributed by atoms with E-state index in [0.29, 0.717) is 49.9 Å². The maximum atomic E-state index is 12.9. The van der Waals surface area contributed by atoms with Gasteiger partial charge in [-0.1, -0.05) is 0 Å². The number of nitrogens with two attached hydrogens (primary N) is 1. The van der Waals surface area contributed by atoms with Crippen LogP contribution in [0.25, 0.3) is 0 Å². The lowest BCUT2D eigenvalue weighted by Gasteiger charge is -2.34. The molecule has 1 aromatic heterocycles. The largest absolute Gasteiger partial charge is 0.442 e. The van der Waals surface area contributed by atoms with Gasteiger partial charge in [-0.25, -0.2) is 18.2 Å². The molecule has 3 heterocycles. The van der Waals surface area contributed by atoms with E-state index in [-0.39, 0.29) is 17.3 Å². The van der Waals surface area contributed by atoms with E-state index in [1.165, 1.54) is 28.3 Å². The minimum atomic E-state index is -3.58. The number of amides is 2. The van der Waals surface area contributed by atoms with Gasteiger partial charge in [0, 0.05) is 38.8 Å². The minimum Gasteiger partial charge on any atom is -0.442 e. The lowest BCUT2D eigenvalue weighted by Crippen LogP contribution is -2.48. The molecule has 176 valence electrons. The molecule has 0 spiro atoms. The van der Waals surface area contributed by atoms with Gasteiger partial charge in [0.05, 0.1) is 29.9 Å². The second-order valence-corrected chi connectivity index (χ2v) is 9.83. The van der Waals surface area contributed by atoms with Crippen molar-refractivity contribution in [1.29, 1.82) is 0 Å². The number of ether oxygens (including phenoxy) is 1. The van der Waals surface area contributed by atoms with Crippen LogP contribution in [0.3, 0.4) is 0 Å². The van der Waals surface area contributed by atoms with Gasteiger partial charge < -0.3 is 20.7 Å². The number of piperazine rings is 1. The Labute approximate surface area is 192 Å². The highest BCUT2D eigenvalue weighted by Crippen LogP contribution is 2.25. The first-order valence-corrected chi connectivity index (χ1v) is 12.0. The fraction of sp³-hybridized carbons (Fsp3) is 0.381. The number of aromatic nitrogens is 1. The molecule has 11 nitrogen and oxygen atoms in total. The summed E-state index contributed by atoms with van der Waals surface area (Å²) in [6.07, 6.45) is 0.688. The van der Waals surface area contributed by atoms with Crippen LogP contribution in [0.1, 0.15) is 6.92 Å². The Morgan fingerprint density at radius 1 is 1.15 bits per heavy atom. The molecule has 2 saturated heterocycles. The Kier molecular flexibility index (Phi) is 6.38. The molecule has 2 aromatic rings. The van der Waals surface area contributed by atoms with Crippen molar-refractivity contribution in [3.05, 3.63) is 42.6 Å². The molecule has 0 unspecified atom stereocenters. The van der Waals surface area contributed by atoms with Crippen LogP contribution in [0.2, 0.25) is 0 Å². The Hall–Kier alpha value is -3.38. The minimum absolute atomic E-state index is 0.183. The first-order chi connectivity index (χ1) is 15.7. The Morgan fingerprint density at radius 3 is 2.45 bits per heavy atom. The number of sulfonamides is 1. The molecule has 4 rings (SSSR count). The quantitative estimate of drug-likeness (QED) is 0.582. The molecule has 12 heteroatoms. The second kappa shape index (κ2) is 9.24. The number of cyclic esters (lactones) is 1. The van der Waals surface area contributed by atoms with Gasteiger partial charge in [0.2, 0.25) is 15.9 Å². The number of hydrogen-bond donors (Lipinski definition) is 2. The molecule has 3 N–H and O–H groups in total. The zero-order valence-corrected chi connectivity index (χ0v) is 19.0. The highest BCUT2D eigenvalue weighted by Gasteiger charge is 2.33. The topological polar surface area (TPSA) is 138 Å². The van der Waals surface area contributed by atoms with Gasteiger partial charge in [0.1, 0.15) is 11.9 Å². The van der Waals surface area contributed by atoms with E-state index < -0.39 is 22.2 Å². The number of carbonyl (C=O) groups excluding carboxylic acids is 2. The third-order valence-corrected chi connectivity index (χ3v) is 7.49. The molecule has 0 radical (unpaired) electrons. The van der Waals surface area contributed by atoms with Crippen LogP contribution in [0.4, 0.5) is 22.0 Å². The van der Waals surface area contributed by atoms with Gasteiger partial charge in [0.25, 0.3) is 0 Å². The predicted molar refractivity (Wildman–Crippen MR) is 122 cm³/mol. The summed E-state index contributed by atoms with van der Waals surface area (Å²) in [5.74, 6) is 0.516. The third kappa shape index (κ3) is 5.01. The highest BCUT2D eigenvalue weighted by molar-refractivity contribution is 7.89. The number of rotatable bonds is 6. The van der Waals surface area contributed by atoms with Crippen molar-refractivity contribution < 1.29 is 22.7 Å². The number of pyridine rings is 1. The van der Waals surface area contributed by atoms with Crippen LogP contribution in [-0.2, 0) is 19.6 Å². The zero-order chi connectivity index (χ0) is 23.6. The lowest BCUT2D eigenvalue weighted by molar-refractivity contribution is -0.119. The summed E-state index contributed by atoms with van der Waals surface area (Å²) in [5.41, 5.74) is 6.76. The van der Waals surface area contributed by atoms with Crippen molar-refractivity contribution in [2.24, 2.45) is 0 Å². The van der Waals surface area contributed by atoms with Gasteiger partial charge in [-0.15, -0.1) is 0 Å². The van der Waals surface area contributed by atoms with Crippen molar-refractivity contribution in [2.45, 2.75) is 17.9 Å². The lowest BCUT2D eigenvalue weighted by atomic mass is 10.3. The fourth-order valence-corrected chi connectivity index (χ4v) is 5.19. The van der Waals surface area contributed by atoms with Crippen LogP contribution >= 0.6 is 0 Å². The summed E-state index contributed by atoms with van der Waals surface area (Å²) in [4.78, 5) is 31.4. The smallest absolute Gasteiger partial charge is 0.414 e. The molecule has 2 aliphatic rings. The highest BCUT2D eigenvalue weighted by atomic mass is 32.2. The average Bonchev–Trinajstić information content (AvgIpc) is 3.19. The van der Waals surface area contributed by atoms with E-state index in [4.69, 9.17) is 10.5 Å². The monoisotopic (exact) mass is 474 g/mol. The molecule has 2 amide bonds. The molecule has 1 aromatic carbocycles. The molecular formula is C21H26N6O5S. The molecule has 0 saturated carbocycles. The van der Waals surface area contributed by atoms with Crippen molar-refractivity contribution in [1.82, 2.24) is 14.6 Å². The molecule has 2 fully saturated rings. The van der Waals surface area contributed by atoms with Gasteiger partial charge >= 0.3 is 6.09 Å². The Balaban J connectivity index is 1.35. The van der Waals surface area contributed by atoms with E-state index in [1.54, 1.807) is 30.5 Å². The summed E-state index contributed by atoms with van der Waals surface area (Å²) >= 11 is 0. The van der Waals surface area contributed by atoms with Gasteiger partial charge in [-0.2, -0.15) is 4.31 Å². The summed E-state index contributed by atoms with van der Waals surface area (Å²) in [7, 11) is -3.58. The van der Waals surface area contributed by atoms with Gasteiger partial charge in [-0.3, -0.25) is 9.69 Å². The summed E-state index contributed by atoms with van der Waals surface area (Å²) in [6.45, 7) is 3.63. The van der Waals surface area contributed by atoms with Gasteiger partial charge in [0.15, 0.2) is 0 Å². The average molecular weight is 475 g/mol. The maximum Gasteiger partial charge on any atom is 0.414 e.